The summed E-state index contributed by atoms with van der Waals surface area (Å²) in [6.45, 7) is 5.43. The molecule has 0 aromatic carbocycles. The molecule has 110 valence electrons. The van der Waals surface area contributed by atoms with Crippen LogP contribution in [-0.4, -0.2) is 48.4 Å². The Balaban J connectivity index is 4.58. The number of aliphatic carboxylic acids is 1. The minimum Gasteiger partial charge on any atom is -0.481 e. The minimum atomic E-state index is -1.08. The summed E-state index contributed by atoms with van der Waals surface area (Å²) in [4.78, 5) is 35.8. The lowest BCUT2D eigenvalue weighted by Gasteiger charge is -2.30. The fourth-order valence-electron chi connectivity index (χ4n) is 1.49. The zero-order valence-electron chi connectivity index (χ0n) is 12.3. The van der Waals surface area contributed by atoms with Crippen molar-refractivity contribution in [3.8, 4) is 0 Å². The molecule has 0 aliphatic rings. The maximum absolute atomic E-state index is 12.0. The smallest absolute Gasteiger partial charge is 0.310 e. The average Bonchev–Trinajstić information content (AvgIpc) is 2.34. The number of amides is 2. The van der Waals surface area contributed by atoms with Crippen LogP contribution in [0.2, 0.25) is 0 Å². The molecule has 2 N–H and O–H groups in total. The standard InChI is InChI=1S/C13H24N2O4/c1-9(2)13(3,12(18)19)8-11(17)15(5)7-6-10(16)14-4/h9H,6-8H2,1-5H3,(H,14,16)(H,18,19). The van der Waals surface area contributed by atoms with Crippen LogP contribution in [0.5, 0.6) is 0 Å². The van der Waals surface area contributed by atoms with Gasteiger partial charge >= 0.3 is 5.97 Å². The van der Waals surface area contributed by atoms with E-state index in [1.54, 1.807) is 27.8 Å². The van der Waals surface area contributed by atoms with Crippen molar-refractivity contribution >= 4 is 17.8 Å². The van der Waals surface area contributed by atoms with Gasteiger partial charge in [0.25, 0.3) is 0 Å². The van der Waals surface area contributed by atoms with Gasteiger partial charge in [-0.3, -0.25) is 14.4 Å². The quantitative estimate of drug-likeness (QED) is 0.715. The van der Waals surface area contributed by atoms with Crippen LogP contribution in [-0.2, 0) is 14.4 Å². The highest BCUT2D eigenvalue weighted by Crippen LogP contribution is 2.31. The highest BCUT2D eigenvalue weighted by atomic mass is 16.4. The van der Waals surface area contributed by atoms with Crippen molar-refractivity contribution in [3.05, 3.63) is 0 Å². The Morgan fingerprint density at radius 2 is 1.84 bits per heavy atom. The maximum Gasteiger partial charge on any atom is 0.310 e. The number of hydrogen-bond donors (Lipinski definition) is 2. The molecule has 0 aromatic heterocycles. The molecule has 0 aromatic rings. The molecule has 6 nitrogen and oxygen atoms in total. The van der Waals surface area contributed by atoms with E-state index in [0.29, 0.717) is 0 Å². The Labute approximate surface area is 114 Å². The second-order valence-electron chi connectivity index (χ2n) is 5.29. The SMILES string of the molecule is CNC(=O)CCN(C)C(=O)CC(C)(C(=O)O)C(C)C. The van der Waals surface area contributed by atoms with Gasteiger partial charge in [-0.2, -0.15) is 0 Å². The third-order valence-corrected chi connectivity index (χ3v) is 3.66. The average molecular weight is 272 g/mol. The Kier molecular flexibility index (Phi) is 6.52. The molecular weight excluding hydrogens is 248 g/mol. The van der Waals surface area contributed by atoms with Crippen LogP contribution in [0.15, 0.2) is 0 Å². The van der Waals surface area contributed by atoms with Gasteiger partial charge in [-0.05, 0) is 12.8 Å². The maximum atomic E-state index is 12.0. The first-order valence-corrected chi connectivity index (χ1v) is 6.33. The Morgan fingerprint density at radius 3 is 2.21 bits per heavy atom. The third-order valence-electron chi connectivity index (χ3n) is 3.66. The topological polar surface area (TPSA) is 86.7 Å². The molecule has 1 atom stereocenters. The lowest BCUT2D eigenvalue weighted by atomic mass is 9.76. The van der Waals surface area contributed by atoms with Crippen LogP contribution in [0.1, 0.15) is 33.6 Å². The molecule has 1 unspecified atom stereocenters. The number of nitrogens with zero attached hydrogens (tertiary/aromatic N) is 1. The number of carboxylic acid groups (broad SMARTS) is 1. The number of rotatable bonds is 7. The van der Waals surface area contributed by atoms with Crippen LogP contribution in [0.25, 0.3) is 0 Å². The summed E-state index contributed by atoms with van der Waals surface area (Å²) in [6, 6.07) is 0. The number of carboxylic acids is 1. The second kappa shape index (κ2) is 7.11. The Bertz CT molecular complexity index is 355. The lowest BCUT2D eigenvalue weighted by molar-refractivity contribution is -0.155. The Morgan fingerprint density at radius 1 is 1.32 bits per heavy atom. The van der Waals surface area contributed by atoms with Gasteiger partial charge in [0, 0.05) is 33.5 Å². The summed E-state index contributed by atoms with van der Waals surface area (Å²) in [5, 5.41) is 11.7. The van der Waals surface area contributed by atoms with E-state index in [1.165, 1.54) is 11.9 Å². The van der Waals surface area contributed by atoms with Crippen LogP contribution in [0.4, 0.5) is 0 Å². The van der Waals surface area contributed by atoms with Crippen molar-refractivity contribution in [2.75, 3.05) is 20.6 Å². The fraction of sp³-hybridized carbons (Fsp3) is 0.769. The predicted octanol–water partition coefficient (Wildman–Crippen LogP) is 0.718. The van der Waals surface area contributed by atoms with Gasteiger partial charge in [0.15, 0.2) is 0 Å². The first-order valence-electron chi connectivity index (χ1n) is 6.33. The molecule has 0 aliphatic heterocycles. The summed E-state index contributed by atoms with van der Waals surface area (Å²) in [5.41, 5.74) is -1.08. The molecule has 19 heavy (non-hydrogen) atoms. The van der Waals surface area contributed by atoms with E-state index in [4.69, 9.17) is 0 Å². The zero-order chi connectivity index (χ0) is 15.2. The molecule has 0 heterocycles. The lowest BCUT2D eigenvalue weighted by Crippen LogP contribution is -2.40. The van der Waals surface area contributed by atoms with Gasteiger partial charge in [-0.15, -0.1) is 0 Å². The van der Waals surface area contributed by atoms with Crippen LogP contribution < -0.4 is 5.32 Å². The van der Waals surface area contributed by atoms with E-state index in [2.05, 4.69) is 5.32 Å². The number of carbonyl (C=O) groups excluding carboxylic acids is 2. The molecule has 0 fully saturated rings. The normalized spacial score (nSPS) is 13.8. The van der Waals surface area contributed by atoms with Crippen LogP contribution in [0, 0.1) is 11.3 Å². The highest BCUT2D eigenvalue weighted by Gasteiger charge is 2.39. The molecule has 0 rings (SSSR count). The van der Waals surface area contributed by atoms with E-state index < -0.39 is 11.4 Å². The van der Waals surface area contributed by atoms with Crippen molar-refractivity contribution in [1.29, 1.82) is 0 Å². The number of carbonyl (C=O) groups is 3. The van der Waals surface area contributed by atoms with E-state index >= 15 is 0 Å². The third kappa shape index (κ3) is 4.89. The zero-order valence-corrected chi connectivity index (χ0v) is 12.3. The van der Waals surface area contributed by atoms with Gasteiger partial charge in [0.2, 0.25) is 11.8 Å². The number of hydrogen-bond acceptors (Lipinski definition) is 3. The van der Waals surface area contributed by atoms with E-state index in [9.17, 15) is 19.5 Å². The van der Waals surface area contributed by atoms with Crippen LogP contribution >= 0.6 is 0 Å². The molecule has 0 spiro atoms. The summed E-state index contributed by atoms with van der Waals surface area (Å²) in [6.07, 6.45) is 0.147. The molecule has 0 radical (unpaired) electrons. The summed E-state index contributed by atoms with van der Waals surface area (Å²) < 4.78 is 0. The Hall–Kier alpha value is -1.59. The van der Waals surface area contributed by atoms with Crippen molar-refractivity contribution in [3.63, 3.8) is 0 Å². The van der Waals surface area contributed by atoms with Crippen molar-refractivity contribution in [1.82, 2.24) is 10.2 Å². The summed E-state index contributed by atoms with van der Waals surface area (Å²) in [7, 11) is 3.11. The summed E-state index contributed by atoms with van der Waals surface area (Å²) >= 11 is 0. The van der Waals surface area contributed by atoms with Crippen molar-refractivity contribution < 1.29 is 19.5 Å². The highest BCUT2D eigenvalue weighted by molar-refractivity contribution is 5.85. The number of nitrogens with one attached hydrogen (secondary N) is 1. The van der Waals surface area contributed by atoms with Gasteiger partial charge in [0.1, 0.15) is 0 Å². The molecular formula is C13H24N2O4. The van der Waals surface area contributed by atoms with Gasteiger partial charge in [-0.1, -0.05) is 13.8 Å². The predicted molar refractivity (Wildman–Crippen MR) is 71.5 cm³/mol. The first-order chi connectivity index (χ1) is 8.65. The minimum absolute atomic E-state index is 0.0652. The van der Waals surface area contributed by atoms with Gasteiger partial charge < -0.3 is 15.3 Å². The van der Waals surface area contributed by atoms with Crippen LogP contribution in [0.3, 0.4) is 0 Å². The van der Waals surface area contributed by atoms with Crippen molar-refractivity contribution in [2.45, 2.75) is 33.6 Å². The molecule has 0 saturated heterocycles. The van der Waals surface area contributed by atoms with Gasteiger partial charge in [0.05, 0.1) is 5.41 Å². The molecule has 0 aliphatic carbocycles. The van der Waals surface area contributed by atoms with Crippen molar-refractivity contribution in [2.24, 2.45) is 11.3 Å². The van der Waals surface area contributed by atoms with E-state index in [0.717, 1.165) is 0 Å². The fourth-order valence-corrected chi connectivity index (χ4v) is 1.49. The molecule has 0 bridgehead atoms. The second-order valence-corrected chi connectivity index (χ2v) is 5.29. The monoisotopic (exact) mass is 272 g/mol. The van der Waals surface area contributed by atoms with Gasteiger partial charge in [-0.25, -0.2) is 0 Å². The molecule has 6 heteroatoms. The first kappa shape index (κ1) is 17.4. The largest absolute Gasteiger partial charge is 0.481 e. The van der Waals surface area contributed by atoms with E-state index in [1.807, 2.05) is 0 Å². The molecule has 2 amide bonds. The van der Waals surface area contributed by atoms with E-state index in [-0.39, 0.29) is 37.1 Å². The summed E-state index contributed by atoms with van der Waals surface area (Å²) in [5.74, 6) is -1.54. The molecule has 0 saturated carbocycles.